The number of carbonyl (C=O) groups is 1. The van der Waals surface area contributed by atoms with E-state index in [9.17, 15) is 23.1 Å². The van der Waals surface area contributed by atoms with Crippen LogP contribution in [0.3, 0.4) is 0 Å². The Balaban J connectivity index is 1.98. The maximum Gasteiger partial charge on any atom is 0.416 e. The number of likely N-dealkylation sites (N-methyl/N-ethyl adjacent to an activating group) is 1. The summed E-state index contributed by atoms with van der Waals surface area (Å²) in [6, 6.07) is 2.91. The summed E-state index contributed by atoms with van der Waals surface area (Å²) in [6.45, 7) is 3.61. The number of methoxy groups -OCH3 is 1. The number of nitrogens with zero attached hydrogens (tertiary/aromatic N) is 3. The zero-order valence-corrected chi connectivity index (χ0v) is 18.3. The fourth-order valence-corrected chi connectivity index (χ4v) is 3.95. The van der Waals surface area contributed by atoms with E-state index < -0.39 is 17.5 Å². The summed E-state index contributed by atoms with van der Waals surface area (Å²) in [5.41, 5.74) is 0.808. The van der Waals surface area contributed by atoms with E-state index in [0.29, 0.717) is 29.4 Å². The quantitative estimate of drug-likeness (QED) is 0.645. The van der Waals surface area contributed by atoms with Gasteiger partial charge in [0.2, 0.25) is 0 Å². The number of rotatable bonds is 6. The molecule has 1 aromatic carbocycles. The maximum atomic E-state index is 13.0. The first-order valence-corrected chi connectivity index (χ1v) is 10.4. The van der Waals surface area contributed by atoms with Crippen molar-refractivity contribution in [2.24, 2.45) is 0 Å². The van der Waals surface area contributed by atoms with Crippen molar-refractivity contribution in [2.75, 3.05) is 32.6 Å². The minimum absolute atomic E-state index is 0.112. The summed E-state index contributed by atoms with van der Waals surface area (Å²) in [4.78, 5) is 14.0. The molecule has 0 unspecified atom stereocenters. The Morgan fingerprint density at radius 1 is 1.34 bits per heavy atom. The molecule has 1 atom stereocenters. The number of nitrogens with one attached hydrogen (secondary N) is 1. The Kier molecular flexibility index (Phi) is 7.22. The van der Waals surface area contributed by atoms with Crippen LogP contribution in [0.1, 0.15) is 36.0 Å². The molecule has 0 saturated carbocycles. The van der Waals surface area contributed by atoms with Crippen molar-refractivity contribution in [2.45, 2.75) is 44.8 Å². The molecule has 1 fully saturated rings. The minimum atomic E-state index is -4.57. The highest BCUT2D eigenvalue weighted by Crippen LogP contribution is 2.38. The van der Waals surface area contributed by atoms with Gasteiger partial charge in [-0.15, -0.1) is 10.2 Å². The van der Waals surface area contributed by atoms with Crippen molar-refractivity contribution >= 4 is 11.8 Å². The molecule has 1 aliphatic rings. The molecule has 2 aromatic rings. The zero-order valence-electron chi connectivity index (χ0n) is 18.3. The molecule has 1 saturated heterocycles. The SMILES string of the molecule is COC(=O)CCc1c(N[C@@H]2CCCN(C)C2)nnc(-c2ccc(C(F)(F)F)cc2O)c1C. The summed E-state index contributed by atoms with van der Waals surface area (Å²) in [7, 11) is 3.35. The molecule has 174 valence electrons. The van der Waals surface area contributed by atoms with Gasteiger partial charge in [0.05, 0.1) is 18.4 Å². The smallest absolute Gasteiger partial charge is 0.416 e. The number of halogens is 3. The number of ether oxygens (including phenoxy) is 1. The van der Waals surface area contributed by atoms with Crippen molar-refractivity contribution in [3.8, 4) is 17.0 Å². The maximum absolute atomic E-state index is 13.0. The van der Waals surface area contributed by atoms with E-state index in [0.717, 1.165) is 32.0 Å². The van der Waals surface area contributed by atoms with Crippen LogP contribution in [0.25, 0.3) is 11.3 Å². The van der Waals surface area contributed by atoms with Gasteiger partial charge in [0.25, 0.3) is 0 Å². The normalized spacial score (nSPS) is 17.2. The number of alkyl halides is 3. The molecule has 2 N–H and O–H groups in total. The van der Waals surface area contributed by atoms with Crippen LogP contribution < -0.4 is 5.32 Å². The highest BCUT2D eigenvalue weighted by Gasteiger charge is 2.31. The van der Waals surface area contributed by atoms with Gasteiger partial charge in [0.15, 0.2) is 5.82 Å². The van der Waals surface area contributed by atoms with Crippen molar-refractivity contribution < 1.29 is 27.8 Å². The van der Waals surface area contributed by atoms with Gasteiger partial charge in [0, 0.05) is 30.1 Å². The van der Waals surface area contributed by atoms with Crippen LogP contribution in [0.2, 0.25) is 0 Å². The number of piperidine rings is 1. The van der Waals surface area contributed by atoms with Crippen LogP contribution in [0.4, 0.5) is 19.0 Å². The third-order valence-electron chi connectivity index (χ3n) is 5.70. The average molecular weight is 452 g/mol. The first-order valence-electron chi connectivity index (χ1n) is 10.4. The zero-order chi connectivity index (χ0) is 23.5. The topological polar surface area (TPSA) is 87.6 Å². The Hall–Kier alpha value is -2.88. The second kappa shape index (κ2) is 9.72. The molecule has 10 heteroatoms. The number of hydrogen-bond acceptors (Lipinski definition) is 7. The van der Waals surface area contributed by atoms with Gasteiger partial charge in [0.1, 0.15) is 5.75 Å². The molecular formula is C22H27F3N4O3. The lowest BCUT2D eigenvalue weighted by Crippen LogP contribution is -2.40. The molecule has 1 aliphatic heterocycles. The summed E-state index contributed by atoms with van der Waals surface area (Å²) in [5, 5.41) is 22.2. The Morgan fingerprint density at radius 2 is 2.09 bits per heavy atom. The largest absolute Gasteiger partial charge is 0.507 e. The van der Waals surface area contributed by atoms with E-state index in [-0.39, 0.29) is 29.7 Å². The van der Waals surface area contributed by atoms with E-state index in [1.165, 1.54) is 13.2 Å². The van der Waals surface area contributed by atoms with Gasteiger partial charge in [-0.05, 0) is 63.5 Å². The highest BCUT2D eigenvalue weighted by atomic mass is 19.4. The van der Waals surface area contributed by atoms with Gasteiger partial charge in [-0.1, -0.05) is 0 Å². The van der Waals surface area contributed by atoms with Gasteiger partial charge >= 0.3 is 12.1 Å². The number of benzene rings is 1. The van der Waals surface area contributed by atoms with Crippen LogP contribution in [0.15, 0.2) is 18.2 Å². The number of hydrogen-bond donors (Lipinski definition) is 2. The lowest BCUT2D eigenvalue weighted by Gasteiger charge is -2.31. The van der Waals surface area contributed by atoms with Gasteiger partial charge in [-0.2, -0.15) is 13.2 Å². The number of phenols is 1. The van der Waals surface area contributed by atoms with Crippen LogP contribution >= 0.6 is 0 Å². The number of phenolic OH excluding ortho intramolecular Hbond substituents is 1. The number of aromatic hydroxyl groups is 1. The lowest BCUT2D eigenvalue weighted by atomic mass is 9.97. The van der Waals surface area contributed by atoms with Crippen molar-refractivity contribution in [3.05, 3.63) is 34.9 Å². The van der Waals surface area contributed by atoms with Gasteiger partial charge < -0.3 is 20.1 Å². The Bertz CT molecular complexity index is 982. The number of likely N-dealkylation sites (tertiary alicyclic amines) is 1. The molecule has 2 heterocycles. The number of esters is 1. The van der Waals surface area contributed by atoms with E-state index in [1.54, 1.807) is 6.92 Å². The molecule has 1 aromatic heterocycles. The number of anilines is 1. The molecule has 3 rings (SSSR count). The minimum Gasteiger partial charge on any atom is -0.507 e. The predicted molar refractivity (Wildman–Crippen MR) is 113 cm³/mol. The summed E-state index contributed by atoms with van der Waals surface area (Å²) < 4.78 is 43.6. The molecule has 0 bridgehead atoms. The predicted octanol–water partition coefficient (Wildman–Crippen LogP) is 3.79. The van der Waals surface area contributed by atoms with E-state index in [4.69, 9.17) is 4.74 Å². The van der Waals surface area contributed by atoms with Crippen LogP contribution in [0.5, 0.6) is 5.75 Å². The van der Waals surface area contributed by atoms with E-state index in [2.05, 4.69) is 20.4 Å². The van der Waals surface area contributed by atoms with E-state index >= 15 is 0 Å². The Morgan fingerprint density at radius 3 is 2.72 bits per heavy atom. The molecule has 0 radical (unpaired) electrons. The molecule has 0 spiro atoms. The summed E-state index contributed by atoms with van der Waals surface area (Å²) in [6.07, 6.45) is -2.14. The third kappa shape index (κ3) is 5.48. The third-order valence-corrected chi connectivity index (χ3v) is 5.70. The van der Waals surface area contributed by atoms with Crippen LogP contribution in [-0.4, -0.2) is 59.5 Å². The Labute approximate surface area is 184 Å². The molecule has 7 nitrogen and oxygen atoms in total. The molecule has 0 aliphatic carbocycles. The van der Waals surface area contributed by atoms with Crippen molar-refractivity contribution in [3.63, 3.8) is 0 Å². The second-order valence-corrected chi connectivity index (χ2v) is 8.05. The molecule has 0 amide bonds. The monoisotopic (exact) mass is 452 g/mol. The molecular weight excluding hydrogens is 425 g/mol. The summed E-state index contributed by atoms with van der Waals surface area (Å²) in [5.74, 6) is -0.392. The fraction of sp³-hybridized carbons (Fsp3) is 0.500. The second-order valence-electron chi connectivity index (χ2n) is 8.05. The van der Waals surface area contributed by atoms with Crippen LogP contribution in [-0.2, 0) is 22.1 Å². The molecule has 32 heavy (non-hydrogen) atoms. The first-order chi connectivity index (χ1) is 15.1. The average Bonchev–Trinajstić information content (AvgIpc) is 2.73. The number of carbonyl (C=O) groups excluding carboxylic acids is 1. The highest BCUT2D eigenvalue weighted by molar-refractivity contribution is 5.74. The van der Waals surface area contributed by atoms with Crippen molar-refractivity contribution in [1.29, 1.82) is 0 Å². The van der Waals surface area contributed by atoms with Crippen molar-refractivity contribution in [1.82, 2.24) is 15.1 Å². The van der Waals surface area contributed by atoms with Crippen LogP contribution in [0, 0.1) is 6.92 Å². The van der Waals surface area contributed by atoms with E-state index in [1.807, 2.05) is 7.05 Å². The lowest BCUT2D eigenvalue weighted by molar-refractivity contribution is -0.140. The first kappa shape index (κ1) is 23.8. The summed E-state index contributed by atoms with van der Waals surface area (Å²) >= 11 is 0. The van der Waals surface area contributed by atoms with Gasteiger partial charge in [-0.3, -0.25) is 4.79 Å². The number of aromatic nitrogens is 2. The van der Waals surface area contributed by atoms with Gasteiger partial charge in [-0.25, -0.2) is 0 Å². The standard InChI is InChI=1S/C22H27F3N4O3/c1-13-16(8-9-19(31)32-3)21(26-15-5-4-10-29(2)12-15)28-27-20(13)17-7-6-14(11-18(17)30)22(23,24)25/h6-7,11,15,30H,4-5,8-10,12H2,1-3H3,(H,26,28)/t15-/m1/s1. The fourth-order valence-electron chi connectivity index (χ4n) is 3.95.